The molecule has 158 valence electrons. The van der Waals surface area contributed by atoms with Crippen LogP contribution >= 0.6 is 11.6 Å². The van der Waals surface area contributed by atoms with Crippen molar-refractivity contribution in [1.82, 2.24) is 15.2 Å². The van der Waals surface area contributed by atoms with Crippen LogP contribution in [0.15, 0.2) is 24.4 Å². The fraction of sp³-hybridized carbons (Fsp3) is 0.609. The molecule has 2 aromatic rings. The predicted molar refractivity (Wildman–Crippen MR) is 116 cm³/mol. The van der Waals surface area contributed by atoms with E-state index < -0.39 is 5.67 Å². The maximum atomic E-state index is 14.0. The Kier molecular flexibility index (Phi) is 6.16. The second-order valence-electron chi connectivity index (χ2n) is 9.09. The maximum Gasteiger partial charge on any atom is 0.253 e. The van der Waals surface area contributed by atoms with Crippen molar-refractivity contribution in [2.24, 2.45) is 11.8 Å². The van der Waals surface area contributed by atoms with Crippen molar-refractivity contribution in [3.63, 3.8) is 0 Å². The van der Waals surface area contributed by atoms with Gasteiger partial charge in [-0.15, -0.1) is 0 Å². The number of fused-ring (bicyclic) bond motifs is 1. The lowest BCUT2D eigenvalue weighted by Gasteiger charge is -2.31. The standard InChI is InChI=1S/C23H31ClFN3O/c1-23(25)9-5-16(6-10-23)13-27-22(29)18-15-28(14-17-7-11-26-12-8-17)20-4-2-3-19(24)21(18)20/h2-4,15-17,26H,5-14H2,1H3,(H,27,29). The smallest absolute Gasteiger partial charge is 0.253 e. The van der Waals surface area contributed by atoms with Crippen molar-refractivity contribution in [2.75, 3.05) is 19.6 Å². The van der Waals surface area contributed by atoms with E-state index >= 15 is 0 Å². The Balaban J connectivity index is 1.49. The lowest BCUT2D eigenvalue weighted by molar-refractivity contribution is 0.0894. The minimum Gasteiger partial charge on any atom is -0.352 e. The number of piperidine rings is 1. The fourth-order valence-electron chi connectivity index (χ4n) is 4.79. The van der Waals surface area contributed by atoms with Gasteiger partial charge in [0.2, 0.25) is 0 Å². The number of nitrogens with one attached hydrogen (secondary N) is 2. The number of hydrogen-bond donors (Lipinski definition) is 2. The quantitative estimate of drug-likeness (QED) is 0.720. The third-order valence-electron chi connectivity index (χ3n) is 6.71. The van der Waals surface area contributed by atoms with Crippen LogP contribution in [-0.4, -0.2) is 35.8 Å². The molecular weight excluding hydrogens is 389 g/mol. The monoisotopic (exact) mass is 419 g/mol. The van der Waals surface area contributed by atoms with Crippen molar-refractivity contribution in [1.29, 1.82) is 0 Å². The summed E-state index contributed by atoms with van der Waals surface area (Å²) in [7, 11) is 0. The summed E-state index contributed by atoms with van der Waals surface area (Å²) < 4.78 is 16.2. The summed E-state index contributed by atoms with van der Waals surface area (Å²) >= 11 is 6.50. The highest BCUT2D eigenvalue weighted by molar-refractivity contribution is 6.36. The summed E-state index contributed by atoms with van der Waals surface area (Å²) in [6.07, 6.45) is 7.07. The number of amides is 1. The van der Waals surface area contributed by atoms with Crippen LogP contribution in [0.1, 0.15) is 55.8 Å². The van der Waals surface area contributed by atoms with Gasteiger partial charge in [-0.25, -0.2) is 4.39 Å². The van der Waals surface area contributed by atoms with E-state index in [0.29, 0.717) is 41.8 Å². The Morgan fingerprint density at radius 2 is 1.97 bits per heavy atom. The molecule has 1 saturated heterocycles. The normalized spacial score (nSPS) is 26.0. The van der Waals surface area contributed by atoms with E-state index in [4.69, 9.17) is 11.6 Å². The average molecular weight is 420 g/mol. The number of aromatic nitrogens is 1. The molecule has 0 unspecified atom stereocenters. The summed E-state index contributed by atoms with van der Waals surface area (Å²) in [6.45, 7) is 5.29. The minimum absolute atomic E-state index is 0.0826. The van der Waals surface area contributed by atoms with Gasteiger partial charge in [-0.2, -0.15) is 0 Å². The first kappa shape index (κ1) is 20.7. The summed E-state index contributed by atoms with van der Waals surface area (Å²) in [5.41, 5.74) is 0.619. The molecule has 6 heteroatoms. The van der Waals surface area contributed by atoms with E-state index in [9.17, 15) is 9.18 Å². The van der Waals surface area contributed by atoms with E-state index in [1.165, 1.54) is 0 Å². The second kappa shape index (κ2) is 8.65. The van der Waals surface area contributed by atoms with Gasteiger partial charge in [0.25, 0.3) is 5.91 Å². The third kappa shape index (κ3) is 4.77. The summed E-state index contributed by atoms with van der Waals surface area (Å²) in [4.78, 5) is 13.0. The highest BCUT2D eigenvalue weighted by Crippen LogP contribution is 2.34. The molecule has 1 aliphatic carbocycles. The molecule has 2 fully saturated rings. The highest BCUT2D eigenvalue weighted by atomic mass is 35.5. The van der Waals surface area contributed by atoms with E-state index in [0.717, 1.165) is 56.2 Å². The van der Waals surface area contributed by atoms with Crippen LogP contribution in [0.2, 0.25) is 5.02 Å². The molecule has 0 spiro atoms. The van der Waals surface area contributed by atoms with Gasteiger partial charge in [0.05, 0.1) is 16.1 Å². The molecule has 1 aromatic carbocycles. The van der Waals surface area contributed by atoms with Crippen LogP contribution in [-0.2, 0) is 6.54 Å². The molecular formula is C23H31ClFN3O. The second-order valence-corrected chi connectivity index (χ2v) is 9.50. The van der Waals surface area contributed by atoms with Gasteiger partial charge in [0.15, 0.2) is 0 Å². The number of alkyl halides is 1. The Labute approximate surface area is 177 Å². The molecule has 0 radical (unpaired) electrons. The lowest BCUT2D eigenvalue weighted by Crippen LogP contribution is -2.34. The van der Waals surface area contributed by atoms with Gasteiger partial charge in [-0.3, -0.25) is 4.79 Å². The van der Waals surface area contributed by atoms with Gasteiger partial charge < -0.3 is 15.2 Å². The van der Waals surface area contributed by atoms with Crippen LogP contribution in [0.5, 0.6) is 0 Å². The lowest BCUT2D eigenvalue weighted by atomic mass is 9.81. The molecule has 29 heavy (non-hydrogen) atoms. The van der Waals surface area contributed by atoms with E-state index in [-0.39, 0.29) is 5.91 Å². The molecule has 2 aliphatic rings. The molecule has 1 saturated carbocycles. The number of carbonyl (C=O) groups is 1. The number of hydrogen-bond acceptors (Lipinski definition) is 2. The number of carbonyl (C=O) groups excluding carboxylic acids is 1. The molecule has 1 aromatic heterocycles. The topological polar surface area (TPSA) is 46.1 Å². The van der Waals surface area contributed by atoms with E-state index in [1.54, 1.807) is 6.92 Å². The maximum absolute atomic E-state index is 14.0. The average Bonchev–Trinajstić information content (AvgIpc) is 3.08. The van der Waals surface area contributed by atoms with E-state index in [1.807, 2.05) is 24.4 Å². The minimum atomic E-state index is -1.05. The van der Waals surface area contributed by atoms with Gasteiger partial charge in [0, 0.05) is 24.7 Å². The van der Waals surface area contributed by atoms with Crippen LogP contribution in [0.25, 0.3) is 10.9 Å². The Morgan fingerprint density at radius 1 is 1.24 bits per heavy atom. The largest absolute Gasteiger partial charge is 0.352 e. The molecule has 2 heterocycles. The zero-order valence-electron chi connectivity index (χ0n) is 17.1. The summed E-state index contributed by atoms with van der Waals surface area (Å²) in [5, 5.41) is 7.94. The Hall–Kier alpha value is -1.59. The van der Waals surface area contributed by atoms with Crippen LogP contribution < -0.4 is 10.6 Å². The highest BCUT2D eigenvalue weighted by Gasteiger charge is 2.31. The Bertz CT molecular complexity index is 862. The van der Waals surface area contributed by atoms with Crippen molar-refractivity contribution in [3.8, 4) is 0 Å². The summed E-state index contributed by atoms with van der Waals surface area (Å²) in [5.74, 6) is 0.876. The van der Waals surface area contributed by atoms with Gasteiger partial charge in [0.1, 0.15) is 5.67 Å². The number of halogens is 2. The van der Waals surface area contributed by atoms with Gasteiger partial charge in [-0.05, 0) is 82.5 Å². The van der Waals surface area contributed by atoms with Crippen molar-refractivity contribution in [3.05, 3.63) is 35.0 Å². The van der Waals surface area contributed by atoms with Crippen LogP contribution in [0, 0.1) is 11.8 Å². The first-order chi connectivity index (χ1) is 13.9. The molecule has 4 nitrogen and oxygen atoms in total. The van der Waals surface area contributed by atoms with Crippen molar-refractivity contribution >= 4 is 28.4 Å². The first-order valence-electron chi connectivity index (χ1n) is 10.9. The third-order valence-corrected chi connectivity index (χ3v) is 7.03. The molecule has 1 aliphatic heterocycles. The molecule has 0 atom stereocenters. The van der Waals surface area contributed by atoms with Gasteiger partial charge in [-0.1, -0.05) is 17.7 Å². The molecule has 1 amide bonds. The summed E-state index contributed by atoms with van der Waals surface area (Å²) in [6, 6.07) is 5.84. The molecule has 4 rings (SSSR count). The van der Waals surface area contributed by atoms with Crippen molar-refractivity contribution < 1.29 is 9.18 Å². The zero-order chi connectivity index (χ0) is 20.4. The van der Waals surface area contributed by atoms with Crippen LogP contribution in [0.3, 0.4) is 0 Å². The fourth-order valence-corrected chi connectivity index (χ4v) is 5.06. The van der Waals surface area contributed by atoms with Crippen LogP contribution in [0.4, 0.5) is 4.39 Å². The first-order valence-corrected chi connectivity index (χ1v) is 11.3. The predicted octanol–water partition coefficient (Wildman–Crippen LogP) is 4.94. The number of nitrogens with zero attached hydrogens (tertiary/aromatic N) is 1. The van der Waals surface area contributed by atoms with Crippen molar-refractivity contribution in [2.45, 2.75) is 57.7 Å². The SMILES string of the molecule is CC1(F)CCC(CNC(=O)c2cn(CC3CCNCC3)c3cccc(Cl)c23)CC1. The Morgan fingerprint density at radius 3 is 2.69 bits per heavy atom. The zero-order valence-corrected chi connectivity index (χ0v) is 17.9. The molecule has 2 N–H and O–H groups in total. The number of rotatable bonds is 5. The molecule has 0 bridgehead atoms. The number of benzene rings is 1. The van der Waals surface area contributed by atoms with E-state index in [2.05, 4.69) is 15.2 Å². The van der Waals surface area contributed by atoms with Gasteiger partial charge >= 0.3 is 0 Å².